The van der Waals surface area contributed by atoms with Crippen molar-refractivity contribution in [1.29, 1.82) is 0 Å². The summed E-state index contributed by atoms with van der Waals surface area (Å²) >= 11 is 1.46. The largest absolute Gasteiger partial charge is 0.462 e. The molecule has 27 heavy (non-hydrogen) atoms. The van der Waals surface area contributed by atoms with Crippen LogP contribution in [0.15, 0.2) is 46.5 Å². The molecule has 0 radical (unpaired) electrons. The number of aromatic nitrogens is 2. The molecule has 2 N–H and O–H groups in total. The Kier molecular flexibility index (Phi) is 4.84. The number of hydrogen-bond acceptors (Lipinski definition) is 7. The first kappa shape index (κ1) is 17.2. The van der Waals surface area contributed by atoms with Crippen molar-refractivity contribution < 1.29 is 14.0 Å². The van der Waals surface area contributed by atoms with E-state index in [0.717, 1.165) is 16.4 Å². The molecule has 2 amide bonds. The third-order valence-electron chi connectivity index (χ3n) is 4.09. The Balaban J connectivity index is 1.40. The van der Waals surface area contributed by atoms with Crippen LogP contribution in [0, 0.1) is 0 Å². The maximum Gasteiger partial charge on any atom is 0.270 e. The molecule has 0 unspecified atom stereocenters. The predicted octanol–water partition coefficient (Wildman–Crippen LogP) is 1.66. The molecule has 0 saturated carbocycles. The molecule has 1 fully saturated rings. The van der Waals surface area contributed by atoms with E-state index in [1.165, 1.54) is 11.3 Å². The SMILES string of the molecule is O=C1CN(c2ccnc(C(=O)NCc3csc(-c4ccco4)n3)c2)CCN1. The summed E-state index contributed by atoms with van der Waals surface area (Å²) in [5.74, 6) is 0.392. The van der Waals surface area contributed by atoms with Crippen molar-refractivity contribution in [2.45, 2.75) is 6.54 Å². The zero-order valence-corrected chi connectivity index (χ0v) is 15.2. The van der Waals surface area contributed by atoms with Crippen molar-refractivity contribution in [3.8, 4) is 10.8 Å². The van der Waals surface area contributed by atoms with Gasteiger partial charge < -0.3 is 20.0 Å². The van der Waals surface area contributed by atoms with E-state index in [1.54, 1.807) is 24.6 Å². The quantitative estimate of drug-likeness (QED) is 0.695. The van der Waals surface area contributed by atoms with E-state index < -0.39 is 0 Å². The van der Waals surface area contributed by atoms with E-state index in [2.05, 4.69) is 20.6 Å². The second-order valence-corrected chi connectivity index (χ2v) is 6.83. The van der Waals surface area contributed by atoms with Gasteiger partial charge in [0, 0.05) is 30.4 Å². The van der Waals surface area contributed by atoms with Gasteiger partial charge in [-0.25, -0.2) is 4.98 Å². The maximum absolute atomic E-state index is 12.4. The van der Waals surface area contributed by atoms with Gasteiger partial charge in [0.1, 0.15) is 5.69 Å². The molecule has 1 aliphatic heterocycles. The van der Waals surface area contributed by atoms with Crippen LogP contribution >= 0.6 is 11.3 Å². The van der Waals surface area contributed by atoms with Crippen molar-refractivity contribution >= 4 is 28.8 Å². The lowest BCUT2D eigenvalue weighted by atomic mass is 10.2. The number of furan rings is 1. The average Bonchev–Trinajstić information content (AvgIpc) is 3.38. The van der Waals surface area contributed by atoms with Gasteiger partial charge in [0.25, 0.3) is 5.91 Å². The van der Waals surface area contributed by atoms with E-state index in [-0.39, 0.29) is 18.4 Å². The lowest BCUT2D eigenvalue weighted by molar-refractivity contribution is -0.120. The summed E-state index contributed by atoms with van der Waals surface area (Å²) in [5.41, 5.74) is 1.86. The van der Waals surface area contributed by atoms with Gasteiger partial charge in [-0.05, 0) is 24.3 Å². The summed E-state index contributed by atoms with van der Waals surface area (Å²) in [6, 6.07) is 7.15. The van der Waals surface area contributed by atoms with Crippen LogP contribution in [0.1, 0.15) is 16.2 Å². The van der Waals surface area contributed by atoms with E-state index in [0.29, 0.717) is 31.1 Å². The first-order valence-corrected chi connectivity index (χ1v) is 9.31. The standard InChI is InChI=1S/C18H17N5O3S/c24-16-10-23(6-5-20-16)13-3-4-19-14(8-13)17(25)21-9-12-11-27-18(22-12)15-2-1-7-26-15/h1-4,7-8,11H,5-6,9-10H2,(H,20,24)(H,21,25). The number of nitrogens with zero attached hydrogens (tertiary/aromatic N) is 3. The van der Waals surface area contributed by atoms with Crippen molar-refractivity contribution in [2.24, 2.45) is 0 Å². The number of amides is 2. The zero-order chi connectivity index (χ0) is 18.6. The number of rotatable bonds is 5. The number of carbonyl (C=O) groups is 2. The molecule has 0 aliphatic carbocycles. The highest BCUT2D eigenvalue weighted by molar-refractivity contribution is 7.13. The van der Waals surface area contributed by atoms with Crippen molar-refractivity contribution in [1.82, 2.24) is 20.6 Å². The zero-order valence-electron chi connectivity index (χ0n) is 14.3. The Bertz CT molecular complexity index is 954. The van der Waals surface area contributed by atoms with E-state index in [1.807, 2.05) is 22.4 Å². The fraction of sp³-hybridized carbons (Fsp3) is 0.222. The fourth-order valence-electron chi connectivity index (χ4n) is 2.76. The minimum absolute atomic E-state index is 0.0278. The highest BCUT2D eigenvalue weighted by Gasteiger charge is 2.18. The molecule has 4 rings (SSSR count). The number of pyridine rings is 1. The Morgan fingerprint density at radius 2 is 2.33 bits per heavy atom. The minimum Gasteiger partial charge on any atom is -0.462 e. The number of hydrogen-bond donors (Lipinski definition) is 2. The first-order valence-electron chi connectivity index (χ1n) is 8.43. The molecule has 1 saturated heterocycles. The fourth-order valence-corrected chi connectivity index (χ4v) is 3.55. The predicted molar refractivity (Wildman–Crippen MR) is 100 cm³/mol. The summed E-state index contributed by atoms with van der Waals surface area (Å²) < 4.78 is 5.32. The molecular weight excluding hydrogens is 366 g/mol. The first-order chi connectivity index (χ1) is 13.2. The molecule has 0 bridgehead atoms. The monoisotopic (exact) mass is 383 g/mol. The molecule has 0 atom stereocenters. The smallest absolute Gasteiger partial charge is 0.270 e. The highest BCUT2D eigenvalue weighted by Crippen LogP contribution is 2.23. The van der Waals surface area contributed by atoms with Crippen LogP contribution in [0.3, 0.4) is 0 Å². The summed E-state index contributed by atoms with van der Waals surface area (Å²) in [6.45, 7) is 1.86. The second-order valence-electron chi connectivity index (χ2n) is 5.97. The van der Waals surface area contributed by atoms with Crippen LogP contribution in [0.5, 0.6) is 0 Å². The van der Waals surface area contributed by atoms with Crippen molar-refractivity contribution in [3.05, 3.63) is 53.5 Å². The van der Waals surface area contributed by atoms with Crippen molar-refractivity contribution in [2.75, 3.05) is 24.5 Å². The molecule has 4 heterocycles. The molecule has 138 valence electrons. The minimum atomic E-state index is -0.286. The lowest BCUT2D eigenvalue weighted by Gasteiger charge is -2.28. The van der Waals surface area contributed by atoms with Gasteiger partial charge in [-0.1, -0.05) is 0 Å². The average molecular weight is 383 g/mol. The Hall–Kier alpha value is -3.20. The molecule has 8 nitrogen and oxygen atoms in total. The van der Waals surface area contributed by atoms with Gasteiger partial charge in [-0.15, -0.1) is 11.3 Å². The summed E-state index contributed by atoms with van der Waals surface area (Å²) in [6.07, 6.45) is 3.18. The maximum atomic E-state index is 12.4. The number of carbonyl (C=O) groups excluding carboxylic acids is 2. The van der Waals surface area contributed by atoms with Gasteiger partial charge in [0.2, 0.25) is 5.91 Å². The molecule has 3 aromatic heterocycles. The molecule has 1 aliphatic rings. The van der Waals surface area contributed by atoms with E-state index in [4.69, 9.17) is 4.42 Å². The Morgan fingerprint density at radius 3 is 3.15 bits per heavy atom. The molecule has 9 heteroatoms. The van der Waals surface area contributed by atoms with E-state index in [9.17, 15) is 9.59 Å². The van der Waals surface area contributed by atoms with Gasteiger partial charge in [-0.2, -0.15) is 0 Å². The highest BCUT2D eigenvalue weighted by atomic mass is 32.1. The van der Waals surface area contributed by atoms with Crippen LogP contribution in [0.2, 0.25) is 0 Å². The van der Waals surface area contributed by atoms with Crippen LogP contribution in [-0.2, 0) is 11.3 Å². The summed E-state index contributed by atoms with van der Waals surface area (Å²) in [4.78, 5) is 34.5. The van der Waals surface area contributed by atoms with Crippen LogP contribution < -0.4 is 15.5 Å². The van der Waals surface area contributed by atoms with Crippen LogP contribution in [0.25, 0.3) is 10.8 Å². The van der Waals surface area contributed by atoms with Gasteiger partial charge >= 0.3 is 0 Å². The Morgan fingerprint density at radius 1 is 1.41 bits per heavy atom. The number of piperazine rings is 1. The molecular formula is C18H17N5O3S. The Labute approximate surface area is 159 Å². The third-order valence-corrected chi connectivity index (χ3v) is 5.00. The lowest BCUT2D eigenvalue weighted by Crippen LogP contribution is -2.47. The normalized spacial score (nSPS) is 14.1. The number of thiazole rings is 1. The summed E-state index contributed by atoms with van der Waals surface area (Å²) in [7, 11) is 0. The van der Waals surface area contributed by atoms with E-state index >= 15 is 0 Å². The molecule has 3 aromatic rings. The van der Waals surface area contributed by atoms with Gasteiger partial charge in [0.05, 0.1) is 25.0 Å². The van der Waals surface area contributed by atoms with Crippen LogP contribution in [-0.4, -0.2) is 41.4 Å². The molecule has 0 spiro atoms. The van der Waals surface area contributed by atoms with Gasteiger partial charge in [-0.3, -0.25) is 14.6 Å². The number of anilines is 1. The van der Waals surface area contributed by atoms with Crippen molar-refractivity contribution in [3.63, 3.8) is 0 Å². The third kappa shape index (κ3) is 3.98. The molecule has 0 aromatic carbocycles. The van der Waals surface area contributed by atoms with Crippen LogP contribution in [0.4, 0.5) is 5.69 Å². The number of nitrogens with one attached hydrogen (secondary N) is 2. The topological polar surface area (TPSA) is 100 Å². The van der Waals surface area contributed by atoms with Gasteiger partial charge in [0.15, 0.2) is 10.8 Å². The second kappa shape index (κ2) is 7.58. The summed E-state index contributed by atoms with van der Waals surface area (Å²) in [5, 5.41) is 8.26.